The molecule has 2 atom stereocenters. The maximum absolute atomic E-state index is 11.8. The average molecular weight is 242 g/mol. The molecular formula is C13H26N2O2. The fourth-order valence-electron chi connectivity index (χ4n) is 2.33. The quantitative estimate of drug-likeness (QED) is 0.677. The molecule has 4 N–H and O–H groups in total. The monoisotopic (exact) mass is 242 g/mol. The summed E-state index contributed by atoms with van der Waals surface area (Å²) < 4.78 is 0. The first-order valence-electron chi connectivity index (χ1n) is 6.61. The van der Waals surface area contributed by atoms with Crippen molar-refractivity contribution >= 4 is 5.91 Å². The first-order chi connectivity index (χ1) is 7.92. The van der Waals surface area contributed by atoms with Gasteiger partial charge < -0.3 is 16.2 Å². The summed E-state index contributed by atoms with van der Waals surface area (Å²) in [6, 6.07) is 0.155. The second-order valence-electron chi connectivity index (χ2n) is 5.89. The molecule has 1 aliphatic rings. The lowest BCUT2D eigenvalue weighted by molar-refractivity contribution is -0.122. The zero-order valence-electron chi connectivity index (χ0n) is 11.0. The molecule has 4 heteroatoms. The summed E-state index contributed by atoms with van der Waals surface area (Å²) in [5.74, 6) is 0.299. The summed E-state index contributed by atoms with van der Waals surface area (Å²) in [7, 11) is 0. The van der Waals surface area contributed by atoms with Crippen LogP contribution >= 0.6 is 0 Å². The van der Waals surface area contributed by atoms with Gasteiger partial charge in [-0.2, -0.15) is 0 Å². The molecule has 0 heterocycles. The van der Waals surface area contributed by atoms with Crippen LogP contribution in [0.3, 0.4) is 0 Å². The van der Waals surface area contributed by atoms with E-state index in [4.69, 9.17) is 5.73 Å². The second kappa shape index (κ2) is 6.36. The van der Waals surface area contributed by atoms with E-state index in [2.05, 4.69) is 5.32 Å². The summed E-state index contributed by atoms with van der Waals surface area (Å²) in [5.41, 5.74) is 5.56. The van der Waals surface area contributed by atoms with Gasteiger partial charge in [0.25, 0.3) is 0 Å². The van der Waals surface area contributed by atoms with Crippen molar-refractivity contribution in [2.45, 2.75) is 64.0 Å². The van der Waals surface area contributed by atoms with Gasteiger partial charge in [-0.15, -0.1) is 0 Å². The predicted molar refractivity (Wildman–Crippen MR) is 68.5 cm³/mol. The molecule has 1 fully saturated rings. The maximum Gasteiger partial charge on any atom is 0.220 e. The lowest BCUT2D eigenvalue weighted by atomic mass is 9.85. The van der Waals surface area contributed by atoms with E-state index in [-0.39, 0.29) is 30.0 Å². The Kier molecular flexibility index (Phi) is 5.40. The minimum absolute atomic E-state index is 0.0638. The van der Waals surface area contributed by atoms with E-state index >= 15 is 0 Å². The average Bonchev–Trinajstić information content (AvgIpc) is 2.26. The molecule has 0 aromatic heterocycles. The van der Waals surface area contributed by atoms with Crippen molar-refractivity contribution in [2.24, 2.45) is 11.7 Å². The van der Waals surface area contributed by atoms with Gasteiger partial charge in [0.15, 0.2) is 0 Å². The van der Waals surface area contributed by atoms with Crippen molar-refractivity contribution < 1.29 is 9.90 Å². The van der Waals surface area contributed by atoms with Crippen LogP contribution in [0.4, 0.5) is 0 Å². The van der Waals surface area contributed by atoms with E-state index in [1.165, 1.54) is 0 Å². The number of hydrogen-bond donors (Lipinski definition) is 3. The number of hydrogen-bond acceptors (Lipinski definition) is 3. The van der Waals surface area contributed by atoms with Crippen LogP contribution < -0.4 is 11.1 Å². The van der Waals surface area contributed by atoms with Crippen LogP contribution in [-0.2, 0) is 4.79 Å². The molecule has 2 unspecified atom stereocenters. The molecule has 0 aromatic carbocycles. The van der Waals surface area contributed by atoms with Crippen molar-refractivity contribution in [1.29, 1.82) is 0 Å². The van der Waals surface area contributed by atoms with E-state index in [0.717, 1.165) is 25.7 Å². The Balaban J connectivity index is 2.33. The van der Waals surface area contributed by atoms with Crippen LogP contribution in [-0.4, -0.2) is 29.2 Å². The van der Waals surface area contributed by atoms with E-state index in [1.54, 1.807) is 0 Å². The van der Waals surface area contributed by atoms with Crippen LogP contribution in [0.5, 0.6) is 0 Å². The van der Waals surface area contributed by atoms with Crippen LogP contribution in [0.25, 0.3) is 0 Å². The van der Waals surface area contributed by atoms with Gasteiger partial charge in [0.2, 0.25) is 5.91 Å². The highest BCUT2D eigenvalue weighted by Crippen LogP contribution is 2.24. The molecule has 0 saturated heterocycles. The normalized spacial score (nSPS) is 25.6. The Hall–Kier alpha value is -0.610. The van der Waals surface area contributed by atoms with E-state index in [0.29, 0.717) is 12.8 Å². The van der Waals surface area contributed by atoms with Crippen LogP contribution in [0.15, 0.2) is 0 Å². The van der Waals surface area contributed by atoms with Gasteiger partial charge >= 0.3 is 0 Å². The Morgan fingerprint density at radius 3 is 2.65 bits per heavy atom. The number of carbonyl (C=O) groups is 1. The van der Waals surface area contributed by atoms with Gasteiger partial charge in [0.05, 0.1) is 0 Å². The molecule has 1 amide bonds. The maximum atomic E-state index is 11.8. The first-order valence-corrected chi connectivity index (χ1v) is 6.61. The SMILES string of the molecule is CC(C)(N)CCC(=O)NC1CCCCC1CO. The van der Waals surface area contributed by atoms with Crippen molar-refractivity contribution in [1.82, 2.24) is 5.32 Å². The third-order valence-electron chi connectivity index (χ3n) is 3.49. The number of nitrogens with two attached hydrogens (primary N) is 1. The summed E-state index contributed by atoms with van der Waals surface area (Å²) in [4.78, 5) is 11.8. The van der Waals surface area contributed by atoms with Crippen LogP contribution in [0.2, 0.25) is 0 Å². The zero-order chi connectivity index (χ0) is 12.9. The fraction of sp³-hybridized carbons (Fsp3) is 0.923. The summed E-state index contributed by atoms with van der Waals surface area (Å²) >= 11 is 0. The number of rotatable bonds is 5. The molecule has 0 aliphatic heterocycles. The molecule has 0 aromatic rings. The van der Waals surface area contributed by atoms with Gasteiger partial charge in [-0.05, 0) is 33.1 Å². The predicted octanol–water partition coefficient (Wildman–Crippen LogP) is 1.17. The smallest absolute Gasteiger partial charge is 0.220 e. The molecule has 1 saturated carbocycles. The molecular weight excluding hydrogens is 216 g/mol. The number of aliphatic hydroxyl groups excluding tert-OH is 1. The Labute approximate surface area is 104 Å². The van der Waals surface area contributed by atoms with Crippen molar-refractivity contribution in [3.63, 3.8) is 0 Å². The number of aliphatic hydroxyl groups is 1. The van der Waals surface area contributed by atoms with Crippen LogP contribution in [0.1, 0.15) is 52.4 Å². The van der Waals surface area contributed by atoms with Gasteiger partial charge in [0.1, 0.15) is 0 Å². The minimum Gasteiger partial charge on any atom is -0.396 e. The van der Waals surface area contributed by atoms with Crippen molar-refractivity contribution in [3.8, 4) is 0 Å². The van der Waals surface area contributed by atoms with Crippen molar-refractivity contribution in [3.05, 3.63) is 0 Å². The number of carbonyl (C=O) groups excluding carboxylic acids is 1. The largest absolute Gasteiger partial charge is 0.396 e. The third-order valence-corrected chi connectivity index (χ3v) is 3.49. The molecule has 0 spiro atoms. The molecule has 4 nitrogen and oxygen atoms in total. The summed E-state index contributed by atoms with van der Waals surface area (Å²) in [6.45, 7) is 4.03. The van der Waals surface area contributed by atoms with Gasteiger partial charge in [0, 0.05) is 30.5 Å². The highest BCUT2D eigenvalue weighted by molar-refractivity contribution is 5.76. The lowest BCUT2D eigenvalue weighted by Gasteiger charge is -2.31. The molecule has 0 radical (unpaired) electrons. The number of amides is 1. The highest BCUT2D eigenvalue weighted by atomic mass is 16.3. The van der Waals surface area contributed by atoms with Gasteiger partial charge in [-0.1, -0.05) is 12.8 Å². The van der Waals surface area contributed by atoms with Gasteiger partial charge in [-0.25, -0.2) is 0 Å². The third kappa shape index (κ3) is 5.50. The van der Waals surface area contributed by atoms with Crippen molar-refractivity contribution in [2.75, 3.05) is 6.61 Å². The molecule has 1 aliphatic carbocycles. The lowest BCUT2D eigenvalue weighted by Crippen LogP contribution is -2.44. The Bertz CT molecular complexity index is 248. The summed E-state index contributed by atoms with van der Waals surface area (Å²) in [6.07, 6.45) is 5.47. The molecule has 1 rings (SSSR count). The standard InChI is InChI=1S/C13H26N2O2/c1-13(2,14)8-7-12(17)15-11-6-4-3-5-10(11)9-16/h10-11,16H,3-9,14H2,1-2H3,(H,15,17). The molecule has 0 bridgehead atoms. The van der Waals surface area contributed by atoms with E-state index < -0.39 is 0 Å². The topological polar surface area (TPSA) is 75.4 Å². The van der Waals surface area contributed by atoms with Crippen LogP contribution in [0, 0.1) is 5.92 Å². The summed E-state index contributed by atoms with van der Waals surface area (Å²) in [5, 5.41) is 12.3. The highest BCUT2D eigenvalue weighted by Gasteiger charge is 2.26. The van der Waals surface area contributed by atoms with Gasteiger partial charge in [-0.3, -0.25) is 4.79 Å². The molecule has 100 valence electrons. The van der Waals surface area contributed by atoms with E-state index in [9.17, 15) is 9.90 Å². The minimum atomic E-state index is -0.291. The first kappa shape index (κ1) is 14.5. The number of nitrogens with one attached hydrogen (secondary N) is 1. The molecule has 17 heavy (non-hydrogen) atoms. The Morgan fingerprint density at radius 2 is 2.06 bits per heavy atom. The Morgan fingerprint density at radius 1 is 1.41 bits per heavy atom. The van der Waals surface area contributed by atoms with E-state index in [1.807, 2.05) is 13.8 Å². The second-order valence-corrected chi connectivity index (χ2v) is 5.89. The fourth-order valence-corrected chi connectivity index (χ4v) is 2.33. The zero-order valence-corrected chi connectivity index (χ0v) is 11.0.